The molecule has 6 heteroatoms. The normalized spacial score (nSPS) is 14.8. The van der Waals surface area contributed by atoms with E-state index in [1.807, 2.05) is 17.0 Å². The van der Waals surface area contributed by atoms with Gasteiger partial charge in [-0.3, -0.25) is 4.79 Å². The molecule has 0 radical (unpaired) electrons. The van der Waals surface area contributed by atoms with Gasteiger partial charge in [0.15, 0.2) is 5.96 Å². The maximum absolute atomic E-state index is 11.6. The molecule has 0 atom stereocenters. The number of methoxy groups -OCH3 is 1. The first kappa shape index (κ1) is 19.1. The summed E-state index contributed by atoms with van der Waals surface area (Å²) in [6.45, 7) is 8.04. The van der Waals surface area contributed by atoms with Crippen LogP contribution in [-0.2, 0) is 11.3 Å². The lowest BCUT2D eigenvalue weighted by Gasteiger charge is -2.16. The number of aryl methyl sites for hydroxylation is 1. The fourth-order valence-corrected chi connectivity index (χ4v) is 2.96. The van der Waals surface area contributed by atoms with E-state index in [0.29, 0.717) is 13.0 Å². The number of ether oxygens (including phenoxy) is 1. The molecule has 1 saturated heterocycles. The summed E-state index contributed by atoms with van der Waals surface area (Å²) < 4.78 is 5.31. The van der Waals surface area contributed by atoms with Gasteiger partial charge in [-0.05, 0) is 49.9 Å². The van der Waals surface area contributed by atoms with E-state index in [2.05, 4.69) is 35.5 Å². The molecule has 0 unspecified atom stereocenters. The minimum absolute atomic E-state index is 0.286. The van der Waals surface area contributed by atoms with E-state index in [-0.39, 0.29) is 5.91 Å². The highest BCUT2D eigenvalue weighted by Crippen LogP contribution is 2.17. The lowest BCUT2D eigenvalue weighted by atomic mass is 10.1. The van der Waals surface area contributed by atoms with Crippen molar-refractivity contribution in [1.82, 2.24) is 15.5 Å². The first-order valence-corrected chi connectivity index (χ1v) is 9.07. The average molecular weight is 346 g/mol. The molecule has 0 saturated carbocycles. The maximum Gasteiger partial charge on any atom is 0.222 e. The lowest BCUT2D eigenvalue weighted by molar-refractivity contribution is -0.127. The highest BCUT2D eigenvalue weighted by molar-refractivity contribution is 5.79. The number of rotatable bonds is 8. The summed E-state index contributed by atoms with van der Waals surface area (Å²) in [5.74, 6) is 1.95. The molecule has 1 aliphatic rings. The molecule has 25 heavy (non-hydrogen) atoms. The molecule has 1 aliphatic heterocycles. The second-order valence-corrected chi connectivity index (χ2v) is 6.32. The minimum atomic E-state index is 0.286. The Balaban J connectivity index is 1.83. The van der Waals surface area contributed by atoms with E-state index in [9.17, 15) is 4.79 Å². The quantitative estimate of drug-likeness (QED) is 0.430. The number of hydrogen-bond acceptors (Lipinski definition) is 3. The molecule has 138 valence electrons. The molecule has 0 aromatic heterocycles. The summed E-state index contributed by atoms with van der Waals surface area (Å²) >= 11 is 0. The maximum atomic E-state index is 11.6. The second kappa shape index (κ2) is 9.91. The van der Waals surface area contributed by atoms with Crippen molar-refractivity contribution in [2.24, 2.45) is 4.99 Å². The molecule has 1 aromatic carbocycles. The minimum Gasteiger partial charge on any atom is -0.497 e. The fraction of sp³-hybridized carbons (Fsp3) is 0.579. The first-order valence-electron chi connectivity index (χ1n) is 9.07. The third-order valence-electron chi connectivity index (χ3n) is 4.18. The van der Waals surface area contributed by atoms with Crippen LogP contribution in [0.4, 0.5) is 0 Å². The Morgan fingerprint density at radius 1 is 1.32 bits per heavy atom. The van der Waals surface area contributed by atoms with Crippen LogP contribution in [0, 0.1) is 6.92 Å². The molecular weight excluding hydrogens is 316 g/mol. The topological polar surface area (TPSA) is 66.0 Å². The smallest absolute Gasteiger partial charge is 0.222 e. The molecule has 1 heterocycles. The van der Waals surface area contributed by atoms with Crippen molar-refractivity contribution < 1.29 is 9.53 Å². The Labute approximate surface area is 150 Å². The van der Waals surface area contributed by atoms with E-state index in [0.717, 1.165) is 61.9 Å². The van der Waals surface area contributed by atoms with Gasteiger partial charge in [0.05, 0.1) is 13.7 Å². The van der Waals surface area contributed by atoms with E-state index in [1.54, 1.807) is 7.11 Å². The van der Waals surface area contributed by atoms with Crippen LogP contribution < -0.4 is 15.4 Å². The van der Waals surface area contributed by atoms with Gasteiger partial charge in [0.1, 0.15) is 5.75 Å². The summed E-state index contributed by atoms with van der Waals surface area (Å²) in [5.41, 5.74) is 2.29. The largest absolute Gasteiger partial charge is 0.497 e. The Morgan fingerprint density at radius 3 is 2.84 bits per heavy atom. The van der Waals surface area contributed by atoms with Gasteiger partial charge in [-0.2, -0.15) is 0 Å². The third kappa shape index (κ3) is 6.29. The van der Waals surface area contributed by atoms with Gasteiger partial charge < -0.3 is 20.3 Å². The highest BCUT2D eigenvalue weighted by atomic mass is 16.5. The number of carbonyl (C=O) groups excluding carboxylic acids is 1. The van der Waals surface area contributed by atoms with Crippen molar-refractivity contribution in [2.45, 2.75) is 39.7 Å². The number of amides is 1. The molecule has 1 fully saturated rings. The Bertz CT molecular complexity index is 601. The van der Waals surface area contributed by atoms with Crippen LogP contribution in [0.1, 0.15) is 37.3 Å². The third-order valence-corrected chi connectivity index (χ3v) is 4.18. The molecule has 6 nitrogen and oxygen atoms in total. The molecular formula is C19H30N4O2. The van der Waals surface area contributed by atoms with E-state index in [4.69, 9.17) is 4.74 Å². The zero-order chi connectivity index (χ0) is 18.1. The summed E-state index contributed by atoms with van der Waals surface area (Å²) in [5, 5.41) is 6.60. The fourth-order valence-electron chi connectivity index (χ4n) is 2.96. The van der Waals surface area contributed by atoms with Crippen LogP contribution in [0.3, 0.4) is 0 Å². The molecule has 1 aromatic rings. The monoisotopic (exact) mass is 346 g/mol. The van der Waals surface area contributed by atoms with Gasteiger partial charge in [0.2, 0.25) is 5.91 Å². The Morgan fingerprint density at radius 2 is 2.16 bits per heavy atom. The van der Waals surface area contributed by atoms with Crippen LogP contribution in [0.15, 0.2) is 23.2 Å². The number of nitrogens with zero attached hydrogens (tertiary/aromatic N) is 2. The van der Waals surface area contributed by atoms with Crippen molar-refractivity contribution in [2.75, 3.05) is 33.3 Å². The molecule has 2 N–H and O–H groups in total. The van der Waals surface area contributed by atoms with Crippen LogP contribution in [0.5, 0.6) is 5.75 Å². The Hall–Kier alpha value is -2.24. The van der Waals surface area contributed by atoms with Crippen LogP contribution in [-0.4, -0.2) is 50.1 Å². The average Bonchev–Trinajstić information content (AvgIpc) is 3.01. The summed E-state index contributed by atoms with van der Waals surface area (Å²) in [6.07, 6.45) is 2.63. The van der Waals surface area contributed by atoms with Crippen LogP contribution in [0.25, 0.3) is 0 Å². The van der Waals surface area contributed by atoms with E-state index < -0.39 is 0 Å². The summed E-state index contributed by atoms with van der Waals surface area (Å²) in [7, 11) is 1.68. The SMILES string of the molecule is CCNC(=NCc1cc(C)cc(OC)c1)NCCCN1CCCC1=O. The second-order valence-electron chi connectivity index (χ2n) is 6.32. The molecule has 2 rings (SSSR count). The zero-order valence-electron chi connectivity index (χ0n) is 15.6. The van der Waals surface area contributed by atoms with Crippen LogP contribution in [0.2, 0.25) is 0 Å². The number of benzene rings is 1. The number of aliphatic imine (C=N–C) groups is 1. The van der Waals surface area contributed by atoms with Gasteiger partial charge in [0.25, 0.3) is 0 Å². The van der Waals surface area contributed by atoms with Crippen LogP contribution >= 0.6 is 0 Å². The van der Waals surface area contributed by atoms with Gasteiger partial charge in [0, 0.05) is 32.6 Å². The standard InChI is InChI=1S/C19H30N4O2/c1-4-20-19(21-8-6-10-23-9-5-7-18(23)24)22-14-16-11-15(2)12-17(13-16)25-3/h11-13H,4-10,14H2,1-3H3,(H2,20,21,22). The van der Waals surface area contributed by atoms with Gasteiger partial charge in [-0.1, -0.05) is 6.07 Å². The predicted molar refractivity (Wildman–Crippen MR) is 101 cm³/mol. The zero-order valence-corrected chi connectivity index (χ0v) is 15.6. The predicted octanol–water partition coefficient (Wildman–Crippen LogP) is 2.07. The Kier molecular flexibility index (Phi) is 7.57. The van der Waals surface area contributed by atoms with Crippen molar-refractivity contribution >= 4 is 11.9 Å². The number of likely N-dealkylation sites (tertiary alicyclic amines) is 1. The van der Waals surface area contributed by atoms with Crippen molar-refractivity contribution in [3.63, 3.8) is 0 Å². The van der Waals surface area contributed by atoms with Gasteiger partial charge in [-0.15, -0.1) is 0 Å². The summed E-state index contributed by atoms with van der Waals surface area (Å²) in [4.78, 5) is 18.2. The van der Waals surface area contributed by atoms with E-state index in [1.165, 1.54) is 0 Å². The van der Waals surface area contributed by atoms with Crippen molar-refractivity contribution in [3.8, 4) is 5.75 Å². The van der Waals surface area contributed by atoms with Crippen molar-refractivity contribution in [1.29, 1.82) is 0 Å². The molecule has 0 bridgehead atoms. The number of carbonyl (C=O) groups is 1. The van der Waals surface area contributed by atoms with Gasteiger partial charge in [-0.25, -0.2) is 4.99 Å². The lowest BCUT2D eigenvalue weighted by Crippen LogP contribution is -2.39. The first-order chi connectivity index (χ1) is 12.1. The molecule has 0 aliphatic carbocycles. The molecule has 1 amide bonds. The summed E-state index contributed by atoms with van der Waals surface area (Å²) in [6, 6.07) is 6.14. The van der Waals surface area contributed by atoms with Crippen molar-refractivity contribution in [3.05, 3.63) is 29.3 Å². The number of guanidine groups is 1. The molecule has 0 spiro atoms. The van der Waals surface area contributed by atoms with Gasteiger partial charge >= 0.3 is 0 Å². The number of hydrogen-bond donors (Lipinski definition) is 2. The number of nitrogens with one attached hydrogen (secondary N) is 2. The van der Waals surface area contributed by atoms with E-state index >= 15 is 0 Å². The highest BCUT2D eigenvalue weighted by Gasteiger charge is 2.18.